The van der Waals surface area contributed by atoms with E-state index in [1.807, 2.05) is 11.6 Å². The smallest absolute Gasteiger partial charge is 0.419 e. The molecule has 2 aromatic rings. The van der Waals surface area contributed by atoms with Gasteiger partial charge in [0.25, 0.3) is 10.0 Å². The van der Waals surface area contributed by atoms with Crippen molar-refractivity contribution in [2.45, 2.75) is 43.7 Å². The molecule has 0 bridgehead atoms. The lowest BCUT2D eigenvalue weighted by molar-refractivity contribution is -0.140. The van der Waals surface area contributed by atoms with Gasteiger partial charge >= 0.3 is 6.18 Å². The molecule has 2 rings (SSSR count). The fourth-order valence-corrected chi connectivity index (χ4v) is 3.69. The van der Waals surface area contributed by atoms with Crippen molar-refractivity contribution in [2.24, 2.45) is 0 Å². The first-order chi connectivity index (χ1) is 13.0. The third kappa shape index (κ3) is 5.06. The molecular formula is C18H19F4NO4S. The number of rotatable bonds is 7. The lowest BCUT2D eigenvalue weighted by atomic mass is 10.1. The first kappa shape index (κ1) is 21.8. The average molecular weight is 421 g/mol. The van der Waals surface area contributed by atoms with E-state index in [-0.39, 0.29) is 6.07 Å². The van der Waals surface area contributed by atoms with Crippen LogP contribution in [-0.2, 0) is 22.6 Å². The highest BCUT2D eigenvalue weighted by atomic mass is 32.2. The number of benzene rings is 2. The summed E-state index contributed by atoms with van der Waals surface area (Å²) in [5.74, 6) is -2.77. The van der Waals surface area contributed by atoms with Crippen molar-refractivity contribution < 1.29 is 36.2 Å². The zero-order valence-corrected chi connectivity index (χ0v) is 15.7. The molecule has 0 aliphatic rings. The van der Waals surface area contributed by atoms with Gasteiger partial charge in [-0.2, -0.15) is 13.2 Å². The molecule has 2 aromatic carbocycles. The fourth-order valence-electron chi connectivity index (χ4n) is 2.58. The lowest BCUT2D eigenvalue weighted by Gasteiger charge is -2.14. The van der Waals surface area contributed by atoms with E-state index in [2.05, 4.69) is 0 Å². The third-order valence-corrected chi connectivity index (χ3v) is 5.36. The summed E-state index contributed by atoms with van der Waals surface area (Å²) < 4.78 is 78.4. The minimum absolute atomic E-state index is 0.144. The Hall–Kier alpha value is -2.49. The summed E-state index contributed by atoms with van der Waals surface area (Å²) in [4.78, 5) is -0.868. The summed E-state index contributed by atoms with van der Waals surface area (Å²) >= 11 is 0. The topological polar surface area (TPSA) is 86.6 Å². The highest BCUT2D eigenvalue weighted by molar-refractivity contribution is 7.92. The molecular weight excluding hydrogens is 402 g/mol. The van der Waals surface area contributed by atoms with Crippen molar-refractivity contribution >= 4 is 15.7 Å². The van der Waals surface area contributed by atoms with Gasteiger partial charge in [0.1, 0.15) is 23.0 Å². The van der Waals surface area contributed by atoms with E-state index in [0.717, 1.165) is 19.3 Å². The largest absolute Gasteiger partial charge is 0.506 e. The zero-order valence-electron chi connectivity index (χ0n) is 14.8. The summed E-state index contributed by atoms with van der Waals surface area (Å²) in [5, 5.41) is 20.1. The molecule has 0 amide bonds. The second kappa shape index (κ2) is 8.26. The van der Waals surface area contributed by atoms with Crippen molar-refractivity contribution in [3.63, 3.8) is 0 Å². The summed E-state index contributed by atoms with van der Waals surface area (Å²) in [7, 11) is -4.63. The Labute approximate surface area is 159 Å². The van der Waals surface area contributed by atoms with Gasteiger partial charge in [-0.1, -0.05) is 19.8 Å². The number of nitrogens with one attached hydrogen (secondary N) is 1. The number of hydrogen-bond donors (Lipinski definition) is 3. The Morgan fingerprint density at radius 1 is 1.04 bits per heavy atom. The highest BCUT2D eigenvalue weighted by Crippen LogP contribution is 2.37. The van der Waals surface area contributed by atoms with Crippen LogP contribution in [0.3, 0.4) is 0 Å². The monoisotopic (exact) mass is 421 g/mol. The number of alkyl halides is 3. The van der Waals surface area contributed by atoms with Crippen LogP contribution >= 0.6 is 0 Å². The molecule has 5 nitrogen and oxygen atoms in total. The van der Waals surface area contributed by atoms with E-state index < -0.39 is 49.7 Å². The van der Waals surface area contributed by atoms with E-state index in [0.29, 0.717) is 24.1 Å². The molecule has 0 aliphatic carbocycles. The van der Waals surface area contributed by atoms with Gasteiger partial charge in [-0.3, -0.25) is 4.72 Å². The van der Waals surface area contributed by atoms with Crippen LogP contribution in [0.25, 0.3) is 0 Å². The Morgan fingerprint density at radius 2 is 1.64 bits per heavy atom. The summed E-state index contributed by atoms with van der Waals surface area (Å²) in [6.45, 7) is 2.01. The Morgan fingerprint density at radius 3 is 2.18 bits per heavy atom. The molecule has 0 spiro atoms. The number of aryl methyl sites for hydroxylation is 1. The lowest BCUT2D eigenvalue weighted by Crippen LogP contribution is -2.16. The van der Waals surface area contributed by atoms with E-state index in [9.17, 15) is 36.2 Å². The molecule has 0 aliphatic heterocycles. The maximum Gasteiger partial charge on any atom is 0.419 e. The van der Waals surface area contributed by atoms with Crippen LogP contribution in [0, 0.1) is 5.82 Å². The Bertz CT molecular complexity index is 936. The maximum atomic E-state index is 13.4. The van der Waals surface area contributed by atoms with Crippen molar-refractivity contribution in [3.8, 4) is 11.5 Å². The van der Waals surface area contributed by atoms with Crippen molar-refractivity contribution in [2.75, 3.05) is 4.72 Å². The van der Waals surface area contributed by atoms with Gasteiger partial charge in [0.2, 0.25) is 0 Å². The van der Waals surface area contributed by atoms with Gasteiger partial charge < -0.3 is 10.2 Å². The van der Waals surface area contributed by atoms with Crippen LogP contribution in [0.5, 0.6) is 11.5 Å². The van der Waals surface area contributed by atoms with Crippen LogP contribution in [0.2, 0.25) is 0 Å². The molecule has 0 fully saturated rings. The number of phenolic OH excluding ortho intramolecular Hbond substituents is 2. The molecule has 0 atom stereocenters. The fraction of sp³-hybridized carbons (Fsp3) is 0.333. The molecule has 28 heavy (non-hydrogen) atoms. The number of anilines is 1. The molecule has 0 saturated heterocycles. The van der Waals surface area contributed by atoms with Gasteiger partial charge in [0.05, 0.1) is 10.5 Å². The summed E-state index contributed by atoms with van der Waals surface area (Å²) in [6.07, 6.45) is -1.83. The first-order valence-electron chi connectivity index (χ1n) is 8.40. The van der Waals surface area contributed by atoms with Crippen molar-refractivity contribution in [3.05, 3.63) is 47.3 Å². The average Bonchev–Trinajstić information content (AvgIpc) is 2.57. The van der Waals surface area contributed by atoms with Gasteiger partial charge in [-0.15, -0.1) is 0 Å². The van der Waals surface area contributed by atoms with Crippen LogP contribution in [0.15, 0.2) is 35.2 Å². The number of phenols is 2. The van der Waals surface area contributed by atoms with Gasteiger partial charge in [-0.05, 0) is 48.7 Å². The number of halogens is 4. The van der Waals surface area contributed by atoms with Crippen LogP contribution in [0.1, 0.15) is 37.3 Å². The summed E-state index contributed by atoms with van der Waals surface area (Å²) in [5.41, 5.74) is -1.74. The minimum Gasteiger partial charge on any atom is -0.506 e. The quantitative estimate of drug-likeness (QED) is 0.341. The number of hydrogen-bond acceptors (Lipinski definition) is 4. The molecule has 0 aromatic heterocycles. The number of aromatic hydroxyl groups is 2. The molecule has 3 N–H and O–H groups in total. The van der Waals surface area contributed by atoms with Crippen LogP contribution < -0.4 is 4.72 Å². The predicted octanol–water partition coefficient (Wildman–Crippen LogP) is 4.79. The van der Waals surface area contributed by atoms with Crippen molar-refractivity contribution in [1.29, 1.82) is 0 Å². The Balaban J connectivity index is 2.34. The van der Waals surface area contributed by atoms with Crippen molar-refractivity contribution in [1.82, 2.24) is 0 Å². The normalized spacial score (nSPS) is 12.2. The second-order valence-corrected chi connectivity index (χ2v) is 7.89. The van der Waals surface area contributed by atoms with Gasteiger partial charge in [0, 0.05) is 0 Å². The molecule has 0 saturated carbocycles. The minimum atomic E-state index is -5.08. The second-order valence-electron chi connectivity index (χ2n) is 6.21. The van der Waals surface area contributed by atoms with Crippen LogP contribution in [-0.4, -0.2) is 18.6 Å². The number of sulfonamides is 1. The molecule has 0 radical (unpaired) electrons. The molecule has 154 valence electrons. The van der Waals surface area contributed by atoms with Crippen LogP contribution in [0.4, 0.5) is 23.2 Å². The van der Waals surface area contributed by atoms with E-state index in [1.54, 1.807) is 0 Å². The standard InChI is InChI=1S/C18H19F4NO4S/c1-2-3-4-5-11-8-15(24)17(16(25)9-11)23-28(26,27)12-6-7-14(19)13(10-12)18(20,21)22/h6-10,23-25H,2-5H2,1H3. The van der Waals surface area contributed by atoms with Gasteiger partial charge in [-0.25, -0.2) is 12.8 Å². The predicted molar refractivity (Wildman–Crippen MR) is 95.2 cm³/mol. The SMILES string of the molecule is CCCCCc1cc(O)c(NS(=O)(=O)c2ccc(F)c(C(F)(F)F)c2)c(O)c1. The molecule has 10 heteroatoms. The van der Waals surface area contributed by atoms with Gasteiger partial charge in [0.15, 0.2) is 0 Å². The Kier molecular flexibility index (Phi) is 6.43. The van der Waals surface area contributed by atoms with E-state index >= 15 is 0 Å². The highest BCUT2D eigenvalue weighted by Gasteiger charge is 2.35. The molecule has 0 heterocycles. The third-order valence-electron chi connectivity index (χ3n) is 4.02. The zero-order chi connectivity index (χ0) is 21.1. The van der Waals surface area contributed by atoms with E-state index in [1.165, 1.54) is 12.1 Å². The van der Waals surface area contributed by atoms with E-state index in [4.69, 9.17) is 0 Å². The summed E-state index contributed by atoms with van der Waals surface area (Å²) in [6, 6.07) is 3.71. The number of unbranched alkanes of at least 4 members (excludes halogenated alkanes) is 2. The molecule has 0 unspecified atom stereocenters. The first-order valence-corrected chi connectivity index (χ1v) is 9.88. The maximum absolute atomic E-state index is 13.4.